The minimum atomic E-state index is -0.366. The highest BCUT2D eigenvalue weighted by Crippen LogP contribution is 2.44. The second kappa shape index (κ2) is 4.85. The summed E-state index contributed by atoms with van der Waals surface area (Å²) in [6.07, 6.45) is 0. The molecule has 0 spiro atoms. The number of rotatable bonds is 1. The second-order valence-electron chi connectivity index (χ2n) is 6.00. The molecule has 1 aliphatic rings. The van der Waals surface area contributed by atoms with Crippen LogP contribution in [-0.2, 0) is 11.3 Å². The highest BCUT2D eigenvalue weighted by atomic mass is 16.5. The summed E-state index contributed by atoms with van der Waals surface area (Å²) in [5, 5.41) is 12.3. The minimum absolute atomic E-state index is 0.128. The molecular formula is C20H16O3. The van der Waals surface area contributed by atoms with Gasteiger partial charge in [0.25, 0.3) is 0 Å². The van der Waals surface area contributed by atoms with Crippen LogP contribution in [0.2, 0.25) is 0 Å². The molecule has 23 heavy (non-hydrogen) atoms. The van der Waals surface area contributed by atoms with E-state index in [4.69, 9.17) is 4.74 Å². The van der Waals surface area contributed by atoms with Gasteiger partial charge >= 0.3 is 5.97 Å². The van der Waals surface area contributed by atoms with E-state index in [2.05, 4.69) is 0 Å². The van der Waals surface area contributed by atoms with Gasteiger partial charge in [-0.25, -0.2) is 4.79 Å². The zero-order chi connectivity index (χ0) is 16.1. The number of benzene rings is 3. The molecule has 0 saturated heterocycles. The molecule has 1 N–H and O–H groups in total. The standard InChI is InChI=1S/C20H16O3/c1-11-8-14-15(9-12(11)2)19(21)16-10-23-20(22)18(16)17(14)13-6-4-3-5-7-13/h3-9,21H,10H2,1-2H3. The first-order valence-electron chi connectivity index (χ1n) is 7.59. The van der Waals surface area contributed by atoms with Crippen LogP contribution in [0.3, 0.4) is 0 Å². The van der Waals surface area contributed by atoms with Gasteiger partial charge in [-0.3, -0.25) is 0 Å². The minimum Gasteiger partial charge on any atom is -0.507 e. The number of esters is 1. The second-order valence-corrected chi connectivity index (χ2v) is 6.00. The first-order chi connectivity index (χ1) is 11.1. The number of phenols is 1. The Morgan fingerprint density at radius 3 is 2.30 bits per heavy atom. The number of phenolic OH excluding ortho intramolecular Hbond substituents is 1. The molecule has 0 radical (unpaired) electrons. The maximum Gasteiger partial charge on any atom is 0.339 e. The number of hydrogen-bond donors (Lipinski definition) is 1. The van der Waals surface area contributed by atoms with E-state index in [1.807, 2.05) is 56.3 Å². The van der Waals surface area contributed by atoms with Crippen LogP contribution in [0.1, 0.15) is 27.0 Å². The molecule has 0 atom stereocenters. The number of cyclic esters (lactones) is 1. The Hall–Kier alpha value is -2.81. The van der Waals surface area contributed by atoms with Crippen molar-refractivity contribution in [1.29, 1.82) is 0 Å². The Morgan fingerprint density at radius 2 is 1.61 bits per heavy atom. The van der Waals surface area contributed by atoms with Gasteiger partial charge in [-0.05, 0) is 42.0 Å². The van der Waals surface area contributed by atoms with E-state index in [0.717, 1.165) is 33.0 Å². The fourth-order valence-corrected chi connectivity index (χ4v) is 3.27. The highest BCUT2D eigenvalue weighted by Gasteiger charge is 2.31. The van der Waals surface area contributed by atoms with Gasteiger partial charge < -0.3 is 9.84 Å². The maximum absolute atomic E-state index is 12.3. The van der Waals surface area contributed by atoms with Gasteiger partial charge in [0.15, 0.2) is 0 Å². The van der Waals surface area contributed by atoms with Gasteiger partial charge in [0.1, 0.15) is 12.4 Å². The van der Waals surface area contributed by atoms with E-state index < -0.39 is 0 Å². The molecule has 4 rings (SSSR count). The third-order valence-electron chi connectivity index (χ3n) is 4.61. The average molecular weight is 304 g/mol. The molecule has 0 aliphatic carbocycles. The van der Waals surface area contributed by atoms with Crippen molar-refractivity contribution >= 4 is 16.7 Å². The van der Waals surface area contributed by atoms with Crippen LogP contribution >= 0.6 is 0 Å². The highest BCUT2D eigenvalue weighted by molar-refractivity contribution is 6.13. The van der Waals surface area contributed by atoms with Gasteiger partial charge in [-0.1, -0.05) is 36.4 Å². The smallest absolute Gasteiger partial charge is 0.339 e. The molecule has 3 aromatic carbocycles. The van der Waals surface area contributed by atoms with Crippen LogP contribution in [0.25, 0.3) is 21.9 Å². The molecule has 114 valence electrons. The summed E-state index contributed by atoms with van der Waals surface area (Å²) in [6.45, 7) is 4.18. The lowest BCUT2D eigenvalue weighted by atomic mass is 9.88. The zero-order valence-electron chi connectivity index (χ0n) is 13.0. The van der Waals surface area contributed by atoms with E-state index in [9.17, 15) is 9.90 Å². The molecular weight excluding hydrogens is 288 g/mol. The summed E-state index contributed by atoms with van der Waals surface area (Å²) in [6, 6.07) is 13.8. The number of hydrogen-bond acceptors (Lipinski definition) is 3. The fraction of sp³-hybridized carbons (Fsp3) is 0.150. The van der Waals surface area contributed by atoms with Crippen LogP contribution in [0.15, 0.2) is 42.5 Å². The summed E-state index contributed by atoms with van der Waals surface area (Å²) in [5.74, 6) is -0.210. The van der Waals surface area contributed by atoms with E-state index >= 15 is 0 Å². The first-order valence-corrected chi connectivity index (χ1v) is 7.59. The molecule has 0 aromatic heterocycles. The topological polar surface area (TPSA) is 46.5 Å². The quantitative estimate of drug-likeness (QED) is 0.673. The van der Waals surface area contributed by atoms with Crippen molar-refractivity contribution in [3.63, 3.8) is 0 Å². The summed E-state index contributed by atoms with van der Waals surface area (Å²) in [5.41, 5.74) is 5.11. The monoisotopic (exact) mass is 304 g/mol. The molecule has 0 saturated carbocycles. The van der Waals surface area contributed by atoms with Crippen molar-refractivity contribution in [3.8, 4) is 16.9 Å². The largest absolute Gasteiger partial charge is 0.507 e. The van der Waals surface area contributed by atoms with Crippen molar-refractivity contribution in [2.45, 2.75) is 20.5 Å². The Balaban J connectivity index is 2.23. The SMILES string of the molecule is Cc1cc2c(O)c3c(c(-c4ccccc4)c2cc1C)C(=O)OC3. The fourth-order valence-electron chi connectivity index (χ4n) is 3.27. The van der Waals surface area contributed by atoms with Crippen molar-refractivity contribution in [3.05, 3.63) is 64.7 Å². The van der Waals surface area contributed by atoms with Gasteiger partial charge in [-0.2, -0.15) is 0 Å². The average Bonchev–Trinajstić information content (AvgIpc) is 2.93. The Morgan fingerprint density at radius 1 is 0.957 bits per heavy atom. The third-order valence-corrected chi connectivity index (χ3v) is 4.61. The Bertz CT molecular complexity index is 956. The lowest BCUT2D eigenvalue weighted by Gasteiger charge is -2.15. The number of aryl methyl sites for hydroxylation is 2. The summed E-state index contributed by atoms with van der Waals surface area (Å²) < 4.78 is 5.20. The Labute approximate surface area is 134 Å². The molecule has 1 aliphatic heterocycles. The van der Waals surface area contributed by atoms with Gasteiger partial charge in [-0.15, -0.1) is 0 Å². The summed E-state index contributed by atoms with van der Waals surface area (Å²) in [7, 11) is 0. The molecule has 0 fully saturated rings. The lowest BCUT2D eigenvalue weighted by molar-refractivity contribution is 0.0535. The molecule has 0 amide bonds. The van der Waals surface area contributed by atoms with Gasteiger partial charge in [0.2, 0.25) is 0 Å². The lowest BCUT2D eigenvalue weighted by Crippen LogP contribution is -1.99. The van der Waals surface area contributed by atoms with Gasteiger partial charge in [0.05, 0.1) is 5.56 Å². The number of carbonyl (C=O) groups is 1. The molecule has 3 aromatic rings. The molecule has 3 nitrogen and oxygen atoms in total. The van der Waals surface area contributed by atoms with Gasteiger partial charge in [0, 0.05) is 16.5 Å². The van der Waals surface area contributed by atoms with Crippen LogP contribution in [-0.4, -0.2) is 11.1 Å². The predicted octanol–water partition coefficient (Wildman–Crippen LogP) is 4.50. The number of ether oxygens (including phenoxy) is 1. The van der Waals surface area contributed by atoms with Crippen molar-refractivity contribution in [1.82, 2.24) is 0 Å². The van der Waals surface area contributed by atoms with Crippen LogP contribution in [0.5, 0.6) is 5.75 Å². The van der Waals surface area contributed by atoms with Crippen molar-refractivity contribution in [2.75, 3.05) is 0 Å². The maximum atomic E-state index is 12.3. The third kappa shape index (κ3) is 1.93. The van der Waals surface area contributed by atoms with E-state index in [0.29, 0.717) is 11.1 Å². The molecule has 0 unspecified atom stereocenters. The molecule has 1 heterocycles. The van der Waals surface area contributed by atoms with E-state index in [1.54, 1.807) is 0 Å². The van der Waals surface area contributed by atoms with Crippen LogP contribution < -0.4 is 0 Å². The van der Waals surface area contributed by atoms with Crippen molar-refractivity contribution in [2.24, 2.45) is 0 Å². The zero-order valence-corrected chi connectivity index (χ0v) is 13.0. The predicted molar refractivity (Wildman–Crippen MR) is 89.6 cm³/mol. The van der Waals surface area contributed by atoms with E-state index in [1.165, 1.54) is 0 Å². The number of fused-ring (bicyclic) bond motifs is 2. The van der Waals surface area contributed by atoms with Crippen LogP contribution in [0.4, 0.5) is 0 Å². The Kier molecular flexibility index (Phi) is 2.91. The normalized spacial score (nSPS) is 13.2. The van der Waals surface area contributed by atoms with Crippen LogP contribution in [0, 0.1) is 13.8 Å². The first kappa shape index (κ1) is 13.8. The van der Waals surface area contributed by atoms with E-state index in [-0.39, 0.29) is 18.3 Å². The number of carbonyl (C=O) groups excluding carboxylic acids is 1. The molecule has 3 heteroatoms. The summed E-state index contributed by atoms with van der Waals surface area (Å²) >= 11 is 0. The number of aromatic hydroxyl groups is 1. The van der Waals surface area contributed by atoms with Crippen molar-refractivity contribution < 1.29 is 14.6 Å². The summed E-state index contributed by atoms with van der Waals surface area (Å²) in [4.78, 5) is 12.3. The molecule has 0 bridgehead atoms.